The number of carbonyl (C=O) groups excluding carboxylic acids is 4. The van der Waals surface area contributed by atoms with Gasteiger partial charge in [-0.2, -0.15) is 0 Å². The summed E-state index contributed by atoms with van der Waals surface area (Å²) in [4.78, 5) is 49.2. The molecule has 40 heavy (non-hydrogen) atoms. The summed E-state index contributed by atoms with van der Waals surface area (Å²) < 4.78 is 31.4. The molecule has 0 bridgehead atoms. The van der Waals surface area contributed by atoms with E-state index >= 15 is 0 Å². The Hall–Kier alpha value is -3.34. The number of ether oxygens (including phenoxy) is 6. The highest BCUT2D eigenvalue weighted by atomic mass is 16.7. The van der Waals surface area contributed by atoms with Crippen LogP contribution in [0.5, 0.6) is 11.5 Å². The van der Waals surface area contributed by atoms with Gasteiger partial charge in [-0.1, -0.05) is 39.7 Å². The minimum Gasteiger partial charge on any atom is -0.458 e. The highest BCUT2D eigenvalue weighted by molar-refractivity contribution is 5.77. The molecule has 0 aliphatic rings. The summed E-state index contributed by atoms with van der Waals surface area (Å²) in [5.41, 5.74) is 5.94. The van der Waals surface area contributed by atoms with Crippen molar-refractivity contribution < 1.29 is 47.6 Å². The highest BCUT2D eigenvalue weighted by Gasteiger charge is 2.31. The van der Waals surface area contributed by atoms with Crippen LogP contribution in [0.4, 0.5) is 9.59 Å². The second-order valence-electron chi connectivity index (χ2n) is 10.2. The summed E-state index contributed by atoms with van der Waals surface area (Å²) in [6, 6.07) is 3.32. The molecule has 0 saturated carbocycles. The lowest BCUT2D eigenvalue weighted by molar-refractivity contribution is -0.172. The topological polar surface area (TPSA) is 150 Å². The Balaban J connectivity index is 2.91. The fourth-order valence-electron chi connectivity index (χ4n) is 2.95. The van der Waals surface area contributed by atoms with Crippen LogP contribution in [0.3, 0.4) is 0 Å². The zero-order valence-corrected chi connectivity index (χ0v) is 24.8. The molecule has 0 saturated heterocycles. The molecule has 1 aromatic rings. The molecule has 2 N–H and O–H groups in total. The third-order valence-corrected chi connectivity index (χ3v) is 6.28. The summed E-state index contributed by atoms with van der Waals surface area (Å²) in [5.74, 6) is -1.24. The lowest BCUT2D eigenvalue weighted by Gasteiger charge is -2.27. The first kappa shape index (κ1) is 34.7. The predicted molar refractivity (Wildman–Crippen MR) is 147 cm³/mol. The van der Waals surface area contributed by atoms with Crippen molar-refractivity contribution in [3.63, 3.8) is 0 Å². The van der Waals surface area contributed by atoms with Gasteiger partial charge in [0, 0.05) is 0 Å². The third kappa shape index (κ3) is 12.2. The largest absolute Gasteiger partial charge is 0.513 e. The first-order chi connectivity index (χ1) is 18.8. The number of hydrogen-bond donors (Lipinski definition) is 1. The monoisotopic (exact) mass is 567 g/mol. The van der Waals surface area contributed by atoms with E-state index in [0.717, 1.165) is 12.8 Å². The molecule has 0 aliphatic carbocycles. The molecule has 0 unspecified atom stereocenters. The lowest BCUT2D eigenvalue weighted by Crippen LogP contribution is -2.40. The summed E-state index contributed by atoms with van der Waals surface area (Å²) >= 11 is 0. The van der Waals surface area contributed by atoms with Crippen LogP contribution >= 0.6 is 0 Å². The van der Waals surface area contributed by atoms with Crippen LogP contribution in [0, 0.1) is 5.41 Å². The molecule has 11 heteroatoms. The van der Waals surface area contributed by atoms with Crippen LogP contribution < -0.4 is 15.2 Å². The van der Waals surface area contributed by atoms with E-state index < -0.39 is 41.9 Å². The molecule has 0 radical (unpaired) electrons. The molecule has 0 aliphatic heterocycles. The molecule has 0 spiro atoms. The van der Waals surface area contributed by atoms with Crippen molar-refractivity contribution in [2.75, 3.05) is 13.2 Å². The molecule has 3 atom stereocenters. The second kappa shape index (κ2) is 17.4. The molecule has 0 heterocycles. The van der Waals surface area contributed by atoms with Gasteiger partial charge >= 0.3 is 24.2 Å². The maximum absolute atomic E-state index is 12.7. The van der Waals surface area contributed by atoms with Crippen LogP contribution in [0.1, 0.15) is 86.1 Å². The first-order valence-corrected chi connectivity index (χ1v) is 13.8. The Morgan fingerprint density at radius 3 is 1.88 bits per heavy atom. The minimum atomic E-state index is -1.08. The van der Waals surface area contributed by atoms with Crippen LogP contribution in [0.2, 0.25) is 0 Å². The average Bonchev–Trinajstić information content (AvgIpc) is 2.90. The lowest BCUT2D eigenvalue weighted by atomic mass is 9.90. The third-order valence-electron chi connectivity index (χ3n) is 6.28. The standard InChI is InChI=1S/C29H45NO10/c1-8-11-15-35-27(33)39-23-14-13-21(18-24(23)40-28(34)36-16-12-9-2)17-22(30)25(31)37-19(4)20(5)38-26(32)29(6,7)10-3/h13-14,18-20,22H,8-12,15-17,30H2,1-7H3/t19-,20-,22-/m0/s1. The number of benzene rings is 1. The van der Waals surface area contributed by atoms with Crippen LogP contribution in [-0.4, -0.2) is 55.7 Å². The number of hydrogen-bond acceptors (Lipinski definition) is 11. The van der Waals surface area contributed by atoms with Crippen molar-refractivity contribution in [2.45, 2.75) is 105 Å². The molecule has 11 nitrogen and oxygen atoms in total. The summed E-state index contributed by atoms with van der Waals surface area (Å²) in [6.45, 7) is 13.0. The van der Waals surface area contributed by atoms with Gasteiger partial charge in [0.1, 0.15) is 18.2 Å². The smallest absolute Gasteiger partial charge is 0.458 e. The van der Waals surface area contributed by atoms with E-state index in [1.807, 2.05) is 20.8 Å². The van der Waals surface area contributed by atoms with Crippen molar-refractivity contribution in [3.05, 3.63) is 23.8 Å². The van der Waals surface area contributed by atoms with Crippen molar-refractivity contribution in [1.82, 2.24) is 0 Å². The molecule has 0 aromatic heterocycles. The number of esters is 2. The van der Waals surface area contributed by atoms with Crippen LogP contribution in [0.15, 0.2) is 18.2 Å². The number of rotatable bonds is 16. The van der Waals surface area contributed by atoms with E-state index in [4.69, 9.17) is 34.2 Å². The Morgan fingerprint density at radius 1 is 0.825 bits per heavy atom. The van der Waals surface area contributed by atoms with Gasteiger partial charge in [-0.3, -0.25) is 9.59 Å². The quantitative estimate of drug-likeness (QED) is 0.117. The zero-order chi connectivity index (χ0) is 30.3. The van der Waals surface area contributed by atoms with Gasteiger partial charge in [0.25, 0.3) is 0 Å². The number of unbranched alkanes of at least 4 members (excludes halogenated alkanes) is 2. The van der Waals surface area contributed by atoms with E-state index in [-0.39, 0.29) is 37.1 Å². The molecule has 1 rings (SSSR count). The van der Waals surface area contributed by atoms with Crippen LogP contribution in [0.25, 0.3) is 0 Å². The van der Waals surface area contributed by atoms with Gasteiger partial charge in [0.05, 0.1) is 18.6 Å². The summed E-state index contributed by atoms with van der Waals surface area (Å²) in [7, 11) is 0. The maximum Gasteiger partial charge on any atom is 0.513 e. The van der Waals surface area contributed by atoms with Gasteiger partial charge in [-0.25, -0.2) is 9.59 Å². The molecular weight excluding hydrogens is 522 g/mol. The van der Waals surface area contributed by atoms with Crippen molar-refractivity contribution in [2.24, 2.45) is 11.1 Å². The SMILES string of the molecule is CCCCOC(=O)Oc1ccc(C[C@H](N)C(=O)O[C@@H](C)[C@H](C)OC(=O)C(C)(C)CC)cc1OC(=O)OCCCC. The predicted octanol–water partition coefficient (Wildman–Crippen LogP) is 5.49. The Morgan fingerprint density at radius 2 is 1.35 bits per heavy atom. The summed E-state index contributed by atoms with van der Waals surface area (Å²) in [6.07, 6.45) is 0.280. The summed E-state index contributed by atoms with van der Waals surface area (Å²) in [5, 5.41) is 0. The van der Waals surface area contributed by atoms with Crippen molar-refractivity contribution in [3.8, 4) is 11.5 Å². The van der Waals surface area contributed by atoms with Gasteiger partial charge in [0.15, 0.2) is 11.5 Å². The van der Waals surface area contributed by atoms with Gasteiger partial charge < -0.3 is 34.2 Å². The Bertz CT molecular complexity index is 978. The van der Waals surface area contributed by atoms with E-state index in [2.05, 4.69) is 0 Å². The van der Waals surface area contributed by atoms with E-state index in [1.54, 1.807) is 33.8 Å². The van der Waals surface area contributed by atoms with Crippen molar-refractivity contribution in [1.29, 1.82) is 0 Å². The molecular formula is C29H45NO10. The van der Waals surface area contributed by atoms with Gasteiger partial charge in [-0.05, 0) is 71.1 Å². The van der Waals surface area contributed by atoms with Crippen molar-refractivity contribution >= 4 is 24.2 Å². The number of carbonyl (C=O) groups is 4. The molecule has 226 valence electrons. The maximum atomic E-state index is 12.7. The fourth-order valence-corrected chi connectivity index (χ4v) is 2.95. The van der Waals surface area contributed by atoms with E-state index in [9.17, 15) is 19.2 Å². The van der Waals surface area contributed by atoms with Gasteiger partial charge in [-0.15, -0.1) is 0 Å². The second-order valence-corrected chi connectivity index (χ2v) is 10.2. The van der Waals surface area contributed by atoms with E-state index in [0.29, 0.717) is 24.8 Å². The Kier molecular flexibility index (Phi) is 15.1. The first-order valence-electron chi connectivity index (χ1n) is 13.8. The molecule has 0 amide bonds. The Labute approximate surface area is 236 Å². The normalized spacial score (nSPS) is 13.4. The zero-order valence-electron chi connectivity index (χ0n) is 24.8. The van der Waals surface area contributed by atoms with E-state index in [1.165, 1.54) is 12.1 Å². The number of nitrogens with two attached hydrogens (primary N) is 1. The highest BCUT2D eigenvalue weighted by Crippen LogP contribution is 2.30. The molecule has 1 aromatic carbocycles. The minimum absolute atomic E-state index is 0.0189. The van der Waals surface area contributed by atoms with Gasteiger partial charge in [0.2, 0.25) is 0 Å². The average molecular weight is 568 g/mol. The molecule has 0 fully saturated rings. The van der Waals surface area contributed by atoms with Crippen LogP contribution in [-0.2, 0) is 35.0 Å². The fraction of sp³-hybridized carbons (Fsp3) is 0.655.